The Morgan fingerprint density at radius 1 is 0.542 bits per heavy atom. The topological polar surface area (TPSA) is 105 Å². The summed E-state index contributed by atoms with van der Waals surface area (Å²) in [5, 5.41) is 0. The van der Waals surface area contributed by atoms with Crippen molar-refractivity contribution in [2.75, 3.05) is 26.4 Å². The highest BCUT2D eigenvalue weighted by atomic mass is 16.5. The quantitative estimate of drug-likeness (QED) is 0.475. The third-order valence-corrected chi connectivity index (χ3v) is 2.98. The van der Waals surface area contributed by atoms with E-state index in [0.29, 0.717) is 26.4 Å². The van der Waals surface area contributed by atoms with Gasteiger partial charge < -0.3 is 18.9 Å². The minimum Gasteiger partial charge on any atom is -0.466 e. The standard InChI is InChI=1S/C8H12O4.C8H10O4/c2*9-7-3-4-8(10)12-6-2-1-5-11-7/h1-6H2;3-4H,1-2,5-6H2/b;4-3+. The molecule has 2 aliphatic heterocycles. The highest BCUT2D eigenvalue weighted by Crippen LogP contribution is 2.02. The molecule has 0 radical (unpaired) electrons. The molecule has 134 valence electrons. The fourth-order valence-corrected chi connectivity index (χ4v) is 1.71. The summed E-state index contributed by atoms with van der Waals surface area (Å²) >= 11 is 0. The largest absolute Gasteiger partial charge is 0.466 e. The first-order valence-electron chi connectivity index (χ1n) is 7.91. The van der Waals surface area contributed by atoms with Gasteiger partial charge in [-0.2, -0.15) is 0 Å². The van der Waals surface area contributed by atoms with E-state index in [-0.39, 0.29) is 24.8 Å². The zero-order valence-electron chi connectivity index (χ0n) is 13.5. The molecule has 0 aromatic heterocycles. The second-order valence-electron chi connectivity index (χ2n) is 5.02. The molecule has 1 saturated heterocycles. The van der Waals surface area contributed by atoms with Crippen molar-refractivity contribution in [3.05, 3.63) is 12.2 Å². The molecule has 1 fully saturated rings. The summed E-state index contributed by atoms with van der Waals surface area (Å²) < 4.78 is 19.1. The van der Waals surface area contributed by atoms with Crippen molar-refractivity contribution in [3.63, 3.8) is 0 Å². The van der Waals surface area contributed by atoms with Gasteiger partial charge in [0.25, 0.3) is 0 Å². The van der Waals surface area contributed by atoms with E-state index in [1.807, 2.05) is 0 Å². The lowest BCUT2D eigenvalue weighted by atomic mass is 10.3. The molecule has 0 aliphatic carbocycles. The van der Waals surface area contributed by atoms with Gasteiger partial charge in [0.15, 0.2) is 0 Å². The third-order valence-electron chi connectivity index (χ3n) is 2.98. The summed E-state index contributed by atoms with van der Waals surface area (Å²) in [6.07, 6.45) is 5.41. The van der Waals surface area contributed by atoms with E-state index < -0.39 is 11.9 Å². The van der Waals surface area contributed by atoms with Crippen LogP contribution in [0.4, 0.5) is 0 Å². The number of esters is 4. The Kier molecular flexibility index (Phi) is 9.91. The second-order valence-corrected chi connectivity index (χ2v) is 5.02. The number of carbonyl (C=O) groups excluding carboxylic acids is 4. The van der Waals surface area contributed by atoms with Crippen LogP contribution < -0.4 is 0 Å². The Bertz CT molecular complexity index is 427. The molecule has 0 N–H and O–H groups in total. The maximum atomic E-state index is 10.8. The van der Waals surface area contributed by atoms with Crippen molar-refractivity contribution < 1.29 is 38.1 Å². The highest BCUT2D eigenvalue weighted by Gasteiger charge is 2.10. The SMILES string of the molecule is O=C1/C=C/C(=O)OCCCCO1.O=C1CCC(=O)OCCCCO1. The van der Waals surface area contributed by atoms with Crippen LogP contribution in [0.1, 0.15) is 38.5 Å². The molecule has 24 heavy (non-hydrogen) atoms. The van der Waals surface area contributed by atoms with Crippen molar-refractivity contribution in [1.82, 2.24) is 0 Å². The summed E-state index contributed by atoms with van der Waals surface area (Å²) in [6.45, 7) is 1.66. The van der Waals surface area contributed by atoms with E-state index in [9.17, 15) is 19.2 Å². The van der Waals surface area contributed by atoms with E-state index in [0.717, 1.165) is 37.8 Å². The summed E-state index contributed by atoms with van der Waals surface area (Å²) in [7, 11) is 0. The Balaban J connectivity index is 0.000000240. The van der Waals surface area contributed by atoms with Crippen LogP contribution in [0.25, 0.3) is 0 Å². The predicted molar refractivity (Wildman–Crippen MR) is 80.7 cm³/mol. The van der Waals surface area contributed by atoms with Gasteiger partial charge in [0, 0.05) is 12.2 Å². The Hall–Kier alpha value is -2.38. The Labute approximate surface area is 140 Å². The average Bonchev–Trinajstić information content (AvgIpc) is 2.57. The van der Waals surface area contributed by atoms with Gasteiger partial charge in [-0.15, -0.1) is 0 Å². The number of hydrogen-bond acceptors (Lipinski definition) is 8. The van der Waals surface area contributed by atoms with Crippen LogP contribution in [0.15, 0.2) is 12.2 Å². The normalized spacial score (nSPS) is 21.7. The van der Waals surface area contributed by atoms with Gasteiger partial charge in [-0.25, -0.2) is 9.59 Å². The molecule has 0 unspecified atom stereocenters. The van der Waals surface area contributed by atoms with Crippen LogP contribution in [0.3, 0.4) is 0 Å². The van der Waals surface area contributed by atoms with Gasteiger partial charge in [-0.05, 0) is 25.7 Å². The fourth-order valence-electron chi connectivity index (χ4n) is 1.71. The number of ether oxygens (including phenoxy) is 4. The van der Waals surface area contributed by atoms with E-state index in [1.165, 1.54) is 0 Å². The summed E-state index contributed by atoms with van der Waals surface area (Å²) in [5.74, 6) is -1.61. The fraction of sp³-hybridized carbons (Fsp3) is 0.625. The number of carbonyl (C=O) groups is 4. The Morgan fingerprint density at radius 3 is 1.25 bits per heavy atom. The van der Waals surface area contributed by atoms with E-state index in [2.05, 4.69) is 0 Å². The zero-order chi connectivity index (χ0) is 17.6. The van der Waals surface area contributed by atoms with E-state index in [1.54, 1.807) is 0 Å². The molecule has 0 aromatic rings. The lowest BCUT2D eigenvalue weighted by molar-refractivity contribution is -0.152. The molecule has 0 aromatic carbocycles. The monoisotopic (exact) mass is 342 g/mol. The molecule has 8 nitrogen and oxygen atoms in total. The number of cyclic esters (lactones) is 4. The van der Waals surface area contributed by atoms with Crippen LogP contribution in [-0.4, -0.2) is 50.3 Å². The van der Waals surface area contributed by atoms with Crippen molar-refractivity contribution in [2.24, 2.45) is 0 Å². The smallest absolute Gasteiger partial charge is 0.331 e. The molecule has 2 heterocycles. The zero-order valence-corrected chi connectivity index (χ0v) is 13.5. The first-order chi connectivity index (χ1) is 11.6. The maximum absolute atomic E-state index is 10.8. The van der Waals surface area contributed by atoms with Gasteiger partial charge in [-0.3, -0.25) is 9.59 Å². The van der Waals surface area contributed by atoms with Crippen LogP contribution in [0, 0.1) is 0 Å². The molecular weight excluding hydrogens is 320 g/mol. The third kappa shape index (κ3) is 10.4. The van der Waals surface area contributed by atoms with Gasteiger partial charge in [0.2, 0.25) is 0 Å². The summed E-state index contributed by atoms with van der Waals surface area (Å²) in [5.41, 5.74) is 0. The Morgan fingerprint density at radius 2 is 0.875 bits per heavy atom. The van der Waals surface area contributed by atoms with Gasteiger partial charge >= 0.3 is 23.9 Å². The van der Waals surface area contributed by atoms with Crippen LogP contribution in [0.5, 0.6) is 0 Å². The van der Waals surface area contributed by atoms with Gasteiger partial charge in [0.1, 0.15) is 0 Å². The minimum atomic E-state index is -0.492. The molecule has 0 spiro atoms. The molecule has 2 rings (SSSR count). The van der Waals surface area contributed by atoms with Crippen LogP contribution in [0.2, 0.25) is 0 Å². The van der Waals surface area contributed by atoms with Crippen molar-refractivity contribution in [3.8, 4) is 0 Å². The van der Waals surface area contributed by atoms with E-state index >= 15 is 0 Å². The highest BCUT2D eigenvalue weighted by molar-refractivity contribution is 5.91. The summed E-state index contributed by atoms with van der Waals surface area (Å²) in [4.78, 5) is 43.1. The van der Waals surface area contributed by atoms with Crippen molar-refractivity contribution >= 4 is 23.9 Å². The first kappa shape index (κ1) is 19.7. The average molecular weight is 342 g/mol. The predicted octanol–water partition coefficient (Wildman–Crippen LogP) is 1.07. The lowest BCUT2D eigenvalue weighted by Gasteiger charge is -2.08. The van der Waals surface area contributed by atoms with Crippen LogP contribution in [-0.2, 0) is 38.1 Å². The van der Waals surface area contributed by atoms with Crippen LogP contribution >= 0.6 is 0 Å². The number of rotatable bonds is 0. The number of hydrogen-bond donors (Lipinski definition) is 0. The van der Waals surface area contributed by atoms with Gasteiger partial charge in [0.05, 0.1) is 39.3 Å². The molecular formula is C16H22O8. The molecule has 0 amide bonds. The molecule has 8 heteroatoms. The lowest BCUT2D eigenvalue weighted by Crippen LogP contribution is -2.14. The van der Waals surface area contributed by atoms with E-state index in [4.69, 9.17) is 18.9 Å². The van der Waals surface area contributed by atoms with Gasteiger partial charge in [-0.1, -0.05) is 0 Å². The first-order valence-corrected chi connectivity index (χ1v) is 7.91. The molecule has 0 saturated carbocycles. The molecule has 0 atom stereocenters. The maximum Gasteiger partial charge on any atom is 0.331 e. The molecule has 2 aliphatic rings. The minimum absolute atomic E-state index is 0.138. The summed E-state index contributed by atoms with van der Waals surface area (Å²) in [6, 6.07) is 0. The molecule has 0 bridgehead atoms. The second kappa shape index (κ2) is 12.1. The van der Waals surface area contributed by atoms with Crippen molar-refractivity contribution in [1.29, 1.82) is 0 Å². The van der Waals surface area contributed by atoms with Crippen molar-refractivity contribution in [2.45, 2.75) is 38.5 Å².